The van der Waals surface area contributed by atoms with Crippen LogP contribution in [0.25, 0.3) is 16.9 Å². The van der Waals surface area contributed by atoms with E-state index in [1.807, 2.05) is 38.1 Å². The molecule has 1 heterocycles. The van der Waals surface area contributed by atoms with E-state index in [2.05, 4.69) is 30.0 Å². The third kappa shape index (κ3) is 5.09. The molecule has 6 heteroatoms. The van der Waals surface area contributed by atoms with Gasteiger partial charge in [-0.1, -0.05) is 24.3 Å². The fourth-order valence-electron chi connectivity index (χ4n) is 3.08. The van der Waals surface area contributed by atoms with E-state index >= 15 is 0 Å². The minimum Gasteiger partial charge on any atom is -0.461 e. The number of hydrogen-bond donors (Lipinski definition) is 1. The van der Waals surface area contributed by atoms with Crippen LogP contribution in [0.15, 0.2) is 60.7 Å². The number of nitrogens with zero attached hydrogens (tertiary/aromatic N) is 2. The minimum absolute atomic E-state index is 0.170. The molecule has 0 aliphatic rings. The lowest BCUT2D eigenvalue weighted by atomic mass is 10.0. The van der Waals surface area contributed by atoms with Gasteiger partial charge in [-0.25, -0.2) is 9.48 Å². The smallest absolute Gasteiger partial charge is 0.358 e. The van der Waals surface area contributed by atoms with Crippen molar-refractivity contribution in [2.24, 2.45) is 0 Å². The lowest BCUT2D eigenvalue weighted by molar-refractivity contribution is 0.0519. The summed E-state index contributed by atoms with van der Waals surface area (Å²) in [5, 5.41) is 7.31. The molecule has 0 saturated carbocycles. The molecule has 0 spiro atoms. The summed E-state index contributed by atoms with van der Waals surface area (Å²) in [7, 11) is 0. The van der Waals surface area contributed by atoms with Gasteiger partial charge in [0.05, 0.1) is 18.0 Å². The molecule has 3 aromatic rings. The van der Waals surface area contributed by atoms with Crippen molar-refractivity contribution in [3.05, 3.63) is 83.1 Å². The molecule has 0 unspecified atom stereocenters. The van der Waals surface area contributed by atoms with Crippen LogP contribution < -0.4 is 5.32 Å². The zero-order valence-electron chi connectivity index (χ0n) is 18.4. The van der Waals surface area contributed by atoms with Crippen LogP contribution in [0.5, 0.6) is 0 Å². The van der Waals surface area contributed by atoms with E-state index in [9.17, 15) is 9.59 Å². The van der Waals surface area contributed by atoms with E-state index in [0.717, 1.165) is 28.1 Å². The Hall–Kier alpha value is -3.67. The van der Waals surface area contributed by atoms with Gasteiger partial charge in [-0.05, 0) is 75.2 Å². The molecule has 0 aliphatic heterocycles. The molecule has 160 valence electrons. The van der Waals surface area contributed by atoms with E-state index < -0.39 is 5.97 Å². The van der Waals surface area contributed by atoms with Gasteiger partial charge < -0.3 is 10.1 Å². The number of rotatable bonds is 7. The standard InChI is InChI=1S/C25H27N3O3/c1-6-31-25(30)22-14-23(20-8-7-17(4)18(5)13-20)28(27-22)21-11-9-19(10-12-21)24(29)26-15-16(2)3/h7-14H,2,6,15H2,1,3-5H3,(H,26,29). The summed E-state index contributed by atoms with van der Waals surface area (Å²) >= 11 is 0. The van der Waals surface area contributed by atoms with Crippen molar-refractivity contribution in [3.63, 3.8) is 0 Å². The van der Waals surface area contributed by atoms with E-state index in [0.29, 0.717) is 12.1 Å². The first kappa shape index (κ1) is 22.0. The molecule has 0 fully saturated rings. The number of carbonyl (C=O) groups excluding carboxylic acids is 2. The Morgan fingerprint density at radius 1 is 1.06 bits per heavy atom. The Morgan fingerprint density at radius 3 is 2.39 bits per heavy atom. The third-order valence-electron chi connectivity index (χ3n) is 4.92. The molecule has 1 amide bonds. The average molecular weight is 418 g/mol. The van der Waals surface area contributed by atoms with Gasteiger partial charge in [0, 0.05) is 17.7 Å². The third-order valence-corrected chi connectivity index (χ3v) is 4.92. The fourth-order valence-corrected chi connectivity index (χ4v) is 3.08. The summed E-state index contributed by atoms with van der Waals surface area (Å²) in [6.45, 7) is 12.2. The second-order valence-electron chi connectivity index (χ2n) is 7.53. The van der Waals surface area contributed by atoms with Gasteiger partial charge in [-0.2, -0.15) is 5.10 Å². The topological polar surface area (TPSA) is 73.2 Å². The molecule has 2 aromatic carbocycles. The first-order chi connectivity index (χ1) is 14.8. The maximum absolute atomic E-state index is 12.3. The summed E-state index contributed by atoms with van der Waals surface area (Å²) in [4.78, 5) is 24.6. The number of nitrogens with one attached hydrogen (secondary N) is 1. The van der Waals surface area contributed by atoms with Crippen molar-refractivity contribution in [2.75, 3.05) is 13.2 Å². The first-order valence-corrected chi connectivity index (χ1v) is 10.2. The molecule has 0 bridgehead atoms. The second-order valence-corrected chi connectivity index (χ2v) is 7.53. The molecular formula is C25H27N3O3. The van der Waals surface area contributed by atoms with Gasteiger partial charge in [0.25, 0.3) is 5.91 Å². The highest BCUT2D eigenvalue weighted by Gasteiger charge is 2.18. The molecule has 0 saturated heterocycles. The maximum Gasteiger partial charge on any atom is 0.358 e. The van der Waals surface area contributed by atoms with Crippen molar-refractivity contribution in [1.82, 2.24) is 15.1 Å². The van der Waals surface area contributed by atoms with Crippen molar-refractivity contribution < 1.29 is 14.3 Å². The van der Waals surface area contributed by atoms with Crippen LogP contribution in [0.3, 0.4) is 0 Å². The average Bonchev–Trinajstić information content (AvgIpc) is 3.20. The van der Waals surface area contributed by atoms with Crippen LogP contribution in [-0.2, 0) is 4.74 Å². The number of aromatic nitrogens is 2. The van der Waals surface area contributed by atoms with Gasteiger partial charge in [-0.3, -0.25) is 4.79 Å². The molecule has 3 rings (SSSR count). The highest BCUT2D eigenvalue weighted by molar-refractivity contribution is 5.94. The maximum atomic E-state index is 12.3. The second kappa shape index (κ2) is 9.43. The summed E-state index contributed by atoms with van der Waals surface area (Å²) in [6.07, 6.45) is 0. The fraction of sp³-hybridized carbons (Fsp3) is 0.240. The number of amides is 1. The number of carbonyl (C=O) groups is 2. The Kier molecular flexibility index (Phi) is 6.70. The molecule has 1 N–H and O–H groups in total. The molecule has 6 nitrogen and oxygen atoms in total. The van der Waals surface area contributed by atoms with Crippen LogP contribution in [-0.4, -0.2) is 34.8 Å². The number of esters is 1. The van der Waals surface area contributed by atoms with E-state index in [-0.39, 0.29) is 18.2 Å². The number of aryl methyl sites for hydroxylation is 2. The zero-order chi connectivity index (χ0) is 22.5. The molecule has 31 heavy (non-hydrogen) atoms. The quantitative estimate of drug-likeness (QED) is 0.449. The van der Waals surface area contributed by atoms with E-state index in [1.165, 1.54) is 5.56 Å². The zero-order valence-corrected chi connectivity index (χ0v) is 18.4. The molecule has 0 radical (unpaired) electrons. The van der Waals surface area contributed by atoms with Crippen molar-refractivity contribution in [1.29, 1.82) is 0 Å². The lowest BCUT2D eigenvalue weighted by Gasteiger charge is -2.10. The van der Waals surface area contributed by atoms with Gasteiger partial charge in [0.15, 0.2) is 5.69 Å². The Balaban J connectivity index is 2.00. The predicted octanol–water partition coefficient (Wildman–Crippen LogP) is 4.64. The molecule has 0 atom stereocenters. The number of hydrogen-bond acceptors (Lipinski definition) is 4. The van der Waals surface area contributed by atoms with Crippen molar-refractivity contribution >= 4 is 11.9 Å². The van der Waals surface area contributed by atoms with Gasteiger partial charge in [-0.15, -0.1) is 0 Å². The highest BCUT2D eigenvalue weighted by atomic mass is 16.5. The minimum atomic E-state index is -0.470. The van der Waals surface area contributed by atoms with E-state index in [4.69, 9.17) is 4.74 Å². The van der Waals surface area contributed by atoms with Crippen LogP contribution >= 0.6 is 0 Å². The van der Waals surface area contributed by atoms with Gasteiger partial charge in [0.1, 0.15) is 0 Å². The molecule has 1 aromatic heterocycles. The van der Waals surface area contributed by atoms with Crippen LogP contribution in [0.1, 0.15) is 45.8 Å². The summed E-state index contributed by atoms with van der Waals surface area (Å²) in [5.41, 5.74) is 6.43. The lowest BCUT2D eigenvalue weighted by Crippen LogP contribution is -2.24. The number of ether oxygens (including phenoxy) is 1. The van der Waals surface area contributed by atoms with Crippen molar-refractivity contribution in [3.8, 4) is 16.9 Å². The Labute approximate surface area is 182 Å². The van der Waals surface area contributed by atoms with Crippen LogP contribution in [0, 0.1) is 13.8 Å². The largest absolute Gasteiger partial charge is 0.461 e. The normalized spacial score (nSPS) is 10.6. The SMILES string of the molecule is C=C(C)CNC(=O)c1ccc(-n2nc(C(=O)OCC)cc2-c2ccc(C)c(C)c2)cc1. The predicted molar refractivity (Wildman–Crippen MR) is 122 cm³/mol. The highest BCUT2D eigenvalue weighted by Crippen LogP contribution is 2.26. The first-order valence-electron chi connectivity index (χ1n) is 10.2. The Bertz CT molecular complexity index is 1130. The number of benzene rings is 2. The van der Waals surface area contributed by atoms with E-state index in [1.54, 1.807) is 29.8 Å². The Morgan fingerprint density at radius 2 is 1.77 bits per heavy atom. The van der Waals surface area contributed by atoms with Gasteiger partial charge in [0.2, 0.25) is 0 Å². The summed E-state index contributed by atoms with van der Waals surface area (Å²) in [5.74, 6) is -0.640. The van der Waals surface area contributed by atoms with Gasteiger partial charge >= 0.3 is 5.97 Å². The molecular weight excluding hydrogens is 390 g/mol. The monoisotopic (exact) mass is 417 g/mol. The van der Waals surface area contributed by atoms with Crippen LogP contribution in [0.2, 0.25) is 0 Å². The molecule has 0 aliphatic carbocycles. The summed E-state index contributed by atoms with van der Waals surface area (Å²) < 4.78 is 6.83. The van der Waals surface area contributed by atoms with Crippen LogP contribution in [0.4, 0.5) is 0 Å². The van der Waals surface area contributed by atoms with Crippen molar-refractivity contribution in [2.45, 2.75) is 27.7 Å². The summed E-state index contributed by atoms with van der Waals surface area (Å²) in [6, 6.07) is 14.9.